The molecule has 2 heterocycles. The zero-order valence-electron chi connectivity index (χ0n) is 18.2. The normalized spacial score (nSPS) is 11.6. The molecule has 0 bridgehead atoms. The van der Waals surface area contributed by atoms with E-state index in [4.69, 9.17) is 16.0 Å². The van der Waals surface area contributed by atoms with Crippen LogP contribution in [-0.2, 0) is 16.0 Å². The summed E-state index contributed by atoms with van der Waals surface area (Å²) in [6, 6.07) is 15.9. The summed E-state index contributed by atoms with van der Waals surface area (Å²) in [5, 5.41) is 2.94. The van der Waals surface area contributed by atoms with Crippen molar-refractivity contribution in [1.82, 2.24) is 20.3 Å². The minimum Gasteiger partial charge on any atom is -0.444 e. The Bertz CT molecular complexity index is 1200. The fourth-order valence-electron chi connectivity index (χ4n) is 3.59. The van der Waals surface area contributed by atoms with Crippen LogP contribution in [0.4, 0.5) is 5.69 Å². The Labute approximate surface area is 201 Å². The number of nitrogens with one attached hydrogen (secondary N) is 1. The van der Waals surface area contributed by atoms with E-state index in [0.29, 0.717) is 30.0 Å². The van der Waals surface area contributed by atoms with Crippen LogP contribution in [0.15, 0.2) is 90.3 Å². The number of carbonyl (C=O) groups is 2. The van der Waals surface area contributed by atoms with Gasteiger partial charge in [-0.3, -0.25) is 14.5 Å². The molecule has 0 fully saturated rings. The van der Waals surface area contributed by atoms with Crippen LogP contribution >= 0.6 is 11.6 Å². The average molecular weight is 476 g/mol. The van der Waals surface area contributed by atoms with Gasteiger partial charge in [-0.15, -0.1) is 11.6 Å². The SMILES string of the molecule is O=C(NCCc1ccccc1)C(c1cncnc1)N(C(=O)CCl)c1ccc(-c2cnco2)cc1. The van der Waals surface area contributed by atoms with E-state index in [0.717, 1.165) is 11.1 Å². The molecule has 2 amide bonds. The van der Waals surface area contributed by atoms with Crippen LogP contribution in [0.25, 0.3) is 11.3 Å². The van der Waals surface area contributed by atoms with Crippen molar-refractivity contribution in [3.05, 3.63) is 97.0 Å². The number of alkyl halides is 1. The first-order valence-corrected chi connectivity index (χ1v) is 11.1. The lowest BCUT2D eigenvalue weighted by atomic mass is 10.1. The second kappa shape index (κ2) is 11.2. The molecule has 0 radical (unpaired) electrons. The van der Waals surface area contributed by atoms with E-state index in [1.54, 1.807) is 30.5 Å². The van der Waals surface area contributed by atoms with Gasteiger partial charge in [-0.25, -0.2) is 15.0 Å². The van der Waals surface area contributed by atoms with Crippen LogP contribution in [0.3, 0.4) is 0 Å². The van der Waals surface area contributed by atoms with Gasteiger partial charge in [-0.1, -0.05) is 30.3 Å². The number of benzene rings is 2. The van der Waals surface area contributed by atoms with E-state index in [-0.39, 0.29) is 11.8 Å². The highest BCUT2D eigenvalue weighted by Crippen LogP contribution is 2.30. The number of hydrogen-bond acceptors (Lipinski definition) is 6. The molecule has 8 nitrogen and oxygen atoms in total. The molecular weight excluding hydrogens is 454 g/mol. The molecule has 0 saturated heterocycles. The number of anilines is 1. The topological polar surface area (TPSA) is 101 Å². The maximum absolute atomic E-state index is 13.4. The Hall–Kier alpha value is -4.04. The molecule has 172 valence electrons. The summed E-state index contributed by atoms with van der Waals surface area (Å²) in [7, 11) is 0. The standard InChI is InChI=1S/C25H22ClN5O3/c26-12-23(32)31(21-8-6-19(7-9-21)22-15-29-17-34-22)24(20-13-27-16-28-14-20)25(33)30-11-10-18-4-2-1-3-5-18/h1-9,13-17,24H,10-12H2,(H,30,33). The lowest BCUT2D eigenvalue weighted by molar-refractivity contribution is -0.125. The molecule has 0 spiro atoms. The number of oxazole rings is 1. The minimum absolute atomic E-state index is 0.300. The molecule has 4 rings (SSSR count). The summed E-state index contributed by atoms with van der Waals surface area (Å²) in [5.41, 5.74) is 2.85. The van der Waals surface area contributed by atoms with Gasteiger partial charge in [-0.05, 0) is 36.2 Å². The fraction of sp³-hybridized carbons (Fsp3) is 0.160. The highest BCUT2D eigenvalue weighted by Gasteiger charge is 2.32. The van der Waals surface area contributed by atoms with E-state index < -0.39 is 11.9 Å². The summed E-state index contributed by atoms with van der Waals surface area (Å²) in [6.45, 7) is 0.403. The first kappa shape index (κ1) is 23.1. The monoisotopic (exact) mass is 475 g/mol. The Kier molecular flexibility index (Phi) is 7.62. The number of hydrogen-bond donors (Lipinski definition) is 1. The third kappa shape index (κ3) is 5.47. The van der Waals surface area contributed by atoms with E-state index in [1.807, 2.05) is 30.3 Å². The predicted molar refractivity (Wildman–Crippen MR) is 128 cm³/mol. The van der Waals surface area contributed by atoms with Crippen LogP contribution in [0.5, 0.6) is 0 Å². The Morgan fingerprint density at radius 2 is 1.71 bits per heavy atom. The summed E-state index contributed by atoms with van der Waals surface area (Å²) >= 11 is 5.95. The van der Waals surface area contributed by atoms with Crippen LogP contribution in [0, 0.1) is 0 Å². The van der Waals surface area contributed by atoms with Crippen molar-refractivity contribution in [2.75, 3.05) is 17.3 Å². The van der Waals surface area contributed by atoms with Gasteiger partial charge in [0.25, 0.3) is 0 Å². The van der Waals surface area contributed by atoms with Crippen molar-refractivity contribution < 1.29 is 14.0 Å². The van der Waals surface area contributed by atoms with Crippen LogP contribution < -0.4 is 10.2 Å². The summed E-state index contributed by atoms with van der Waals surface area (Å²) in [5.74, 6) is -0.496. The van der Waals surface area contributed by atoms with Crippen molar-refractivity contribution in [3.8, 4) is 11.3 Å². The number of amides is 2. The predicted octanol–water partition coefficient (Wildman–Crippen LogP) is 3.80. The largest absolute Gasteiger partial charge is 0.444 e. The van der Waals surface area contributed by atoms with Crippen molar-refractivity contribution in [1.29, 1.82) is 0 Å². The van der Waals surface area contributed by atoms with E-state index in [9.17, 15) is 9.59 Å². The van der Waals surface area contributed by atoms with Gasteiger partial charge < -0.3 is 9.73 Å². The molecule has 1 N–H and O–H groups in total. The third-order valence-corrected chi connectivity index (χ3v) is 5.43. The number of rotatable bonds is 9. The average Bonchev–Trinajstić information content (AvgIpc) is 3.43. The lowest BCUT2D eigenvalue weighted by Crippen LogP contribution is -2.45. The number of nitrogens with zero attached hydrogens (tertiary/aromatic N) is 4. The number of halogens is 1. The Morgan fingerprint density at radius 1 is 0.971 bits per heavy atom. The van der Waals surface area contributed by atoms with Crippen molar-refractivity contribution in [2.45, 2.75) is 12.5 Å². The maximum Gasteiger partial charge on any atom is 0.247 e. The van der Waals surface area contributed by atoms with Gasteiger partial charge in [0.1, 0.15) is 18.2 Å². The second-order valence-electron chi connectivity index (χ2n) is 7.41. The molecule has 2 aromatic carbocycles. The fourth-order valence-corrected chi connectivity index (χ4v) is 3.72. The molecule has 0 aliphatic heterocycles. The van der Waals surface area contributed by atoms with E-state index in [1.165, 1.54) is 30.0 Å². The highest BCUT2D eigenvalue weighted by molar-refractivity contribution is 6.29. The quantitative estimate of drug-likeness (QED) is 0.369. The third-order valence-electron chi connectivity index (χ3n) is 5.20. The van der Waals surface area contributed by atoms with E-state index in [2.05, 4.69) is 20.3 Å². The number of aromatic nitrogens is 3. The summed E-state index contributed by atoms with van der Waals surface area (Å²) < 4.78 is 5.33. The van der Waals surface area contributed by atoms with Gasteiger partial charge in [-0.2, -0.15) is 0 Å². The van der Waals surface area contributed by atoms with Crippen LogP contribution in [0.2, 0.25) is 0 Å². The zero-order chi connectivity index (χ0) is 23.8. The van der Waals surface area contributed by atoms with Crippen molar-refractivity contribution in [2.24, 2.45) is 0 Å². The first-order valence-electron chi connectivity index (χ1n) is 10.6. The Balaban J connectivity index is 1.62. The van der Waals surface area contributed by atoms with Crippen molar-refractivity contribution >= 4 is 29.1 Å². The highest BCUT2D eigenvalue weighted by atomic mass is 35.5. The van der Waals surface area contributed by atoms with Gasteiger partial charge in [0.15, 0.2) is 12.2 Å². The molecule has 1 atom stereocenters. The maximum atomic E-state index is 13.4. The first-order chi connectivity index (χ1) is 16.7. The molecule has 0 saturated carbocycles. The molecule has 0 aliphatic carbocycles. The van der Waals surface area contributed by atoms with Gasteiger partial charge in [0, 0.05) is 35.8 Å². The molecule has 4 aromatic rings. The summed E-state index contributed by atoms with van der Waals surface area (Å²) in [6.07, 6.45) is 8.00. The minimum atomic E-state index is -1.00. The smallest absolute Gasteiger partial charge is 0.247 e. The summed E-state index contributed by atoms with van der Waals surface area (Å²) in [4.78, 5) is 39.8. The van der Waals surface area contributed by atoms with Crippen LogP contribution in [-0.4, -0.2) is 39.2 Å². The number of carbonyl (C=O) groups excluding carboxylic acids is 2. The molecular formula is C25H22ClN5O3. The molecule has 9 heteroatoms. The van der Waals surface area contributed by atoms with E-state index >= 15 is 0 Å². The van der Waals surface area contributed by atoms with Crippen molar-refractivity contribution in [3.63, 3.8) is 0 Å². The zero-order valence-corrected chi connectivity index (χ0v) is 18.9. The lowest BCUT2D eigenvalue weighted by Gasteiger charge is -2.30. The van der Waals surface area contributed by atoms with Crippen LogP contribution in [0.1, 0.15) is 17.2 Å². The molecule has 34 heavy (non-hydrogen) atoms. The molecule has 0 aliphatic rings. The van der Waals surface area contributed by atoms with Gasteiger partial charge in [0.2, 0.25) is 11.8 Å². The van der Waals surface area contributed by atoms with Gasteiger partial charge >= 0.3 is 0 Å². The second-order valence-corrected chi connectivity index (χ2v) is 7.68. The molecule has 1 unspecified atom stereocenters. The Morgan fingerprint density at radius 3 is 2.35 bits per heavy atom. The van der Waals surface area contributed by atoms with Gasteiger partial charge in [0.05, 0.1) is 6.20 Å². The molecule has 2 aromatic heterocycles.